The monoisotopic (exact) mass is 326 g/mol. The minimum absolute atomic E-state index is 0.0945. The normalized spacial score (nSPS) is 11.5. The van der Waals surface area contributed by atoms with Crippen molar-refractivity contribution in [2.24, 2.45) is 0 Å². The molecule has 0 aliphatic carbocycles. The number of benzene rings is 2. The van der Waals surface area contributed by atoms with E-state index in [-0.39, 0.29) is 17.1 Å². The third-order valence-electron chi connectivity index (χ3n) is 3.31. The van der Waals surface area contributed by atoms with Crippen molar-refractivity contribution < 1.29 is 24.5 Å². The first-order chi connectivity index (χ1) is 11.5. The molecule has 0 unspecified atom stereocenters. The SMILES string of the molecule is COc1ccc(/C=C/C(=O)C=C(O)c2ccccc2O)cc1OC. The van der Waals surface area contributed by atoms with Crippen LogP contribution in [-0.4, -0.2) is 30.2 Å². The van der Waals surface area contributed by atoms with Crippen LogP contribution in [0, 0.1) is 0 Å². The Balaban J connectivity index is 2.16. The Bertz CT molecular complexity index is 790. The quantitative estimate of drug-likeness (QED) is 0.627. The highest BCUT2D eigenvalue weighted by atomic mass is 16.5. The smallest absolute Gasteiger partial charge is 0.182 e. The van der Waals surface area contributed by atoms with Gasteiger partial charge in [-0.1, -0.05) is 24.3 Å². The predicted octanol–water partition coefficient (Wildman–Crippen LogP) is 3.59. The number of aromatic hydroxyl groups is 1. The maximum absolute atomic E-state index is 11.9. The number of ether oxygens (including phenoxy) is 2. The van der Waals surface area contributed by atoms with E-state index in [9.17, 15) is 15.0 Å². The van der Waals surface area contributed by atoms with Crippen molar-refractivity contribution in [3.8, 4) is 17.2 Å². The van der Waals surface area contributed by atoms with E-state index >= 15 is 0 Å². The number of rotatable bonds is 6. The summed E-state index contributed by atoms with van der Waals surface area (Å²) in [4.78, 5) is 11.9. The van der Waals surface area contributed by atoms with Crippen LogP contribution < -0.4 is 9.47 Å². The number of hydrogen-bond acceptors (Lipinski definition) is 5. The lowest BCUT2D eigenvalue weighted by molar-refractivity contribution is -0.110. The number of allylic oxidation sites excluding steroid dienone is 2. The van der Waals surface area contributed by atoms with Gasteiger partial charge in [0.25, 0.3) is 0 Å². The van der Waals surface area contributed by atoms with Crippen molar-refractivity contribution in [3.05, 3.63) is 65.7 Å². The summed E-state index contributed by atoms with van der Waals surface area (Å²) in [7, 11) is 3.08. The van der Waals surface area contributed by atoms with E-state index < -0.39 is 5.78 Å². The number of methoxy groups -OCH3 is 2. The molecule has 2 N–H and O–H groups in total. The van der Waals surface area contributed by atoms with Crippen LogP contribution >= 0.6 is 0 Å². The molecule has 5 nitrogen and oxygen atoms in total. The van der Waals surface area contributed by atoms with Crippen molar-refractivity contribution in [1.82, 2.24) is 0 Å². The maximum Gasteiger partial charge on any atom is 0.182 e. The molecule has 5 heteroatoms. The summed E-state index contributed by atoms with van der Waals surface area (Å²) in [5.74, 6) is 0.348. The first-order valence-corrected chi connectivity index (χ1v) is 7.18. The first kappa shape index (κ1) is 17.1. The highest BCUT2D eigenvalue weighted by Crippen LogP contribution is 2.28. The van der Waals surface area contributed by atoms with Crippen LogP contribution in [0.3, 0.4) is 0 Å². The molecule has 0 aliphatic heterocycles. The molecule has 0 atom stereocenters. The molecule has 0 saturated carbocycles. The molecule has 0 aliphatic rings. The van der Waals surface area contributed by atoms with E-state index in [1.165, 1.54) is 25.3 Å². The van der Waals surface area contributed by atoms with Crippen molar-refractivity contribution >= 4 is 17.6 Å². The van der Waals surface area contributed by atoms with Gasteiger partial charge < -0.3 is 19.7 Å². The fraction of sp³-hybridized carbons (Fsp3) is 0.105. The van der Waals surface area contributed by atoms with Gasteiger partial charge in [0.05, 0.1) is 19.8 Å². The lowest BCUT2D eigenvalue weighted by Gasteiger charge is -2.07. The molecule has 0 radical (unpaired) electrons. The van der Waals surface area contributed by atoms with Crippen molar-refractivity contribution in [1.29, 1.82) is 0 Å². The second kappa shape index (κ2) is 7.87. The van der Waals surface area contributed by atoms with Crippen LogP contribution in [0.5, 0.6) is 17.2 Å². The summed E-state index contributed by atoms with van der Waals surface area (Å²) in [6, 6.07) is 11.5. The van der Waals surface area contributed by atoms with Gasteiger partial charge in [0.1, 0.15) is 11.5 Å². The van der Waals surface area contributed by atoms with Crippen LogP contribution in [0.4, 0.5) is 0 Å². The van der Waals surface area contributed by atoms with E-state index in [1.807, 2.05) is 0 Å². The van der Waals surface area contributed by atoms with Gasteiger partial charge in [0.15, 0.2) is 17.3 Å². The fourth-order valence-electron chi connectivity index (χ4n) is 2.09. The Morgan fingerprint density at radius 3 is 2.42 bits per heavy atom. The van der Waals surface area contributed by atoms with E-state index in [2.05, 4.69) is 0 Å². The molecule has 0 fully saturated rings. The Morgan fingerprint density at radius 2 is 1.75 bits per heavy atom. The van der Waals surface area contributed by atoms with Gasteiger partial charge in [-0.25, -0.2) is 0 Å². The van der Waals surface area contributed by atoms with E-state index in [0.29, 0.717) is 11.5 Å². The van der Waals surface area contributed by atoms with Gasteiger partial charge >= 0.3 is 0 Å². The standard InChI is InChI=1S/C19H18O5/c1-23-18-10-8-13(11-19(18)24-2)7-9-14(20)12-17(22)15-5-3-4-6-16(15)21/h3-12,21-22H,1-2H3/b9-7+,17-12?. The van der Waals surface area contributed by atoms with Gasteiger partial charge in [-0.05, 0) is 35.9 Å². The lowest BCUT2D eigenvalue weighted by atomic mass is 10.1. The van der Waals surface area contributed by atoms with Crippen molar-refractivity contribution in [3.63, 3.8) is 0 Å². The third-order valence-corrected chi connectivity index (χ3v) is 3.31. The van der Waals surface area contributed by atoms with Gasteiger partial charge in [0, 0.05) is 6.08 Å². The highest BCUT2D eigenvalue weighted by molar-refractivity contribution is 6.05. The maximum atomic E-state index is 11.9. The Kier molecular flexibility index (Phi) is 5.63. The average Bonchev–Trinajstić information content (AvgIpc) is 2.59. The van der Waals surface area contributed by atoms with E-state index in [4.69, 9.17) is 9.47 Å². The molecule has 24 heavy (non-hydrogen) atoms. The van der Waals surface area contributed by atoms with E-state index in [1.54, 1.807) is 43.5 Å². The van der Waals surface area contributed by atoms with Gasteiger partial charge in [-0.2, -0.15) is 0 Å². The molecule has 0 heterocycles. The number of phenolic OH excluding ortho intramolecular Hbond substituents is 1. The number of hydrogen-bond donors (Lipinski definition) is 2. The predicted molar refractivity (Wildman–Crippen MR) is 92.3 cm³/mol. The summed E-state index contributed by atoms with van der Waals surface area (Å²) in [6.07, 6.45) is 3.96. The zero-order chi connectivity index (χ0) is 17.5. The highest BCUT2D eigenvalue weighted by Gasteiger charge is 2.06. The number of aliphatic hydroxyl groups is 1. The van der Waals surface area contributed by atoms with Gasteiger partial charge in [-0.15, -0.1) is 0 Å². The average molecular weight is 326 g/mol. The van der Waals surface area contributed by atoms with Crippen LogP contribution in [-0.2, 0) is 4.79 Å². The fourth-order valence-corrected chi connectivity index (χ4v) is 2.09. The number of aliphatic hydroxyl groups excluding tert-OH is 1. The molecular formula is C19H18O5. The zero-order valence-electron chi connectivity index (χ0n) is 13.4. The molecular weight excluding hydrogens is 308 g/mol. The molecule has 0 bridgehead atoms. The van der Waals surface area contributed by atoms with Gasteiger partial charge in [0.2, 0.25) is 0 Å². The summed E-state index contributed by atoms with van der Waals surface area (Å²) in [5, 5.41) is 19.6. The zero-order valence-corrected chi connectivity index (χ0v) is 13.4. The number of para-hydroxylation sites is 1. The Labute approximate surface area is 140 Å². The second-order valence-electron chi connectivity index (χ2n) is 4.90. The molecule has 2 rings (SSSR count). The summed E-state index contributed by atoms with van der Waals surface area (Å²) in [6.45, 7) is 0. The Morgan fingerprint density at radius 1 is 1.04 bits per heavy atom. The summed E-state index contributed by atoms with van der Waals surface area (Å²) < 4.78 is 10.3. The number of carbonyl (C=O) groups excluding carboxylic acids is 1. The number of phenols is 1. The van der Waals surface area contributed by atoms with Crippen LogP contribution in [0.2, 0.25) is 0 Å². The second-order valence-corrected chi connectivity index (χ2v) is 4.90. The number of carbonyl (C=O) groups is 1. The minimum atomic E-state index is -0.412. The van der Waals surface area contributed by atoms with Crippen molar-refractivity contribution in [2.75, 3.05) is 14.2 Å². The molecule has 0 spiro atoms. The molecule has 2 aromatic rings. The van der Waals surface area contributed by atoms with Crippen LogP contribution in [0.1, 0.15) is 11.1 Å². The molecule has 124 valence electrons. The van der Waals surface area contributed by atoms with Crippen LogP contribution in [0.15, 0.2) is 54.6 Å². The molecule has 0 amide bonds. The lowest BCUT2D eigenvalue weighted by Crippen LogP contribution is -1.92. The third kappa shape index (κ3) is 4.16. The van der Waals surface area contributed by atoms with E-state index in [0.717, 1.165) is 11.6 Å². The van der Waals surface area contributed by atoms with Crippen LogP contribution in [0.25, 0.3) is 11.8 Å². The summed E-state index contributed by atoms with van der Waals surface area (Å²) in [5.41, 5.74) is 0.946. The minimum Gasteiger partial charge on any atom is -0.507 e. The van der Waals surface area contributed by atoms with Gasteiger partial charge in [-0.3, -0.25) is 4.79 Å². The molecule has 2 aromatic carbocycles. The van der Waals surface area contributed by atoms with Crippen molar-refractivity contribution in [2.45, 2.75) is 0 Å². The molecule has 0 aromatic heterocycles. The Hall–Kier alpha value is -3.21. The topological polar surface area (TPSA) is 76.0 Å². The summed E-state index contributed by atoms with van der Waals surface area (Å²) >= 11 is 0. The first-order valence-electron chi connectivity index (χ1n) is 7.18. The number of ketones is 1. The largest absolute Gasteiger partial charge is 0.507 e. The molecule has 0 saturated heterocycles.